The zero-order valence-corrected chi connectivity index (χ0v) is 18.4. The fourth-order valence-corrected chi connectivity index (χ4v) is 4.79. The highest BCUT2D eigenvalue weighted by Crippen LogP contribution is 2.31. The van der Waals surface area contributed by atoms with Crippen molar-refractivity contribution in [3.8, 4) is 0 Å². The molecule has 5 heteroatoms. The van der Waals surface area contributed by atoms with Gasteiger partial charge in [-0.25, -0.2) is 0 Å². The number of benzene rings is 2. The largest absolute Gasteiger partial charge is 0.377 e. The van der Waals surface area contributed by atoms with E-state index < -0.39 is 0 Å². The minimum atomic E-state index is -0.146. The number of piperidine rings is 1. The molecule has 0 spiro atoms. The van der Waals surface area contributed by atoms with Crippen LogP contribution in [0.3, 0.4) is 0 Å². The normalized spacial score (nSPS) is 17.4. The van der Waals surface area contributed by atoms with Crippen LogP contribution >= 0.6 is 0 Å². The van der Waals surface area contributed by atoms with Gasteiger partial charge in [-0.3, -0.25) is 14.5 Å². The molecule has 0 saturated carbocycles. The lowest BCUT2D eigenvalue weighted by molar-refractivity contribution is 0.0649. The Balaban J connectivity index is 1.21. The molecule has 1 saturated heterocycles. The SMILES string of the molecule is CCOCc1ccccc1C1CCN(CCCCN2C(=O)c3ccccc3C2=O)CC1. The van der Waals surface area contributed by atoms with Crippen LogP contribution in [-0.4, -0.2) is 54.4 Å². The van der Waals surface area contributed by atoms with Crippen molar-refractivity contribution in [2.45, 2.75) is 45.1 Å². The van der Waals surface area contributed by atoms with E-state index >= 15 is 0 Å². The first-order valence-corrected chi connectivity index (χ1v) is 11.5. The predicted octanol–water partition coefficient (Wildman–Crippen LogP) is 4.48. The van der Waals surface area contributed by atoms with Crippen LogP contribution in [0.25, 0.3) is 0 Å². The molecule has 2 heterocycles. The molecule has 5 nitrogen and oxygen atoms in total. The number of rotatable bonds is 9. The number of carbonyl (C=O) groups is 2. The molecule has 2 aromatic carbocycles. The van der Waals surface area contributed by atoms with Gasteiger partial charge in [-0.1, -0.05) is 36.4 Å². The highest BCUT2D eigenvalue weighted by Gasteiger charge is 2.34. The van der Waals surface area contributed by atoms with Crippen molar-refractivity contribution in [1.82, 2.24) is 9.80 Å². The molecule has 31 heavy (non-hydrogen) atoms. The fourth-order valence-electron chi connectivity index (χ4n) is 4.79. The van der Waals surface area contributed by atoms with Crippen LogP contribution in [0.2, 0.25) is 0 Å². The number of nitrogens with zero attached hydrogens (tertiary/aromatic N) is 2. The van der Waals surface area contributed by atoms with Gasteiger partial charge in [-0.05, 0) is 81.4 Å². The lowest BCUT2D eigenvalue weighted by Crippen LogP contribution is -2.35. The van der Waals surface area contributed by atoms with Gasteiger partial charge in [0.25, 0.3) is 11.8 Å². The topological polar surface area (TPSA) is 49.9 Å². The Hall–Kier alpha value is -2.50. The maximum absolute atomic E-state index is 12.5. The second kappa shape index (κ2) is 10.2. The Kier molecular flexibility index (Phi) is 7.15. The van der Waals surface area contributed by atoms with Crippen molar-refractivity contribution in [3.63, 3.8) is 0 Å². The minimum absolute atomic E-state index is 0.146. The second-order valence-electron chi connectivity index (χ2n) is 8.47. The van der Waals surface area contributed by atoms with E-state index in [2.05, 4.69) is 29.2 Å². The first-order chi connectivity index (χ1) is 15.2. The molecule has 4 rings (SSSR count). The van der Waals surface area contributed by atoms with E-state index in [1.807, 2.05) is 19.1 Å². The van der Waals surface area contributed by atoms with Gasteiger partial charge >= 0.3 is 0 Å². The van der Waals surface area contributed by atoms with Gasteiger partial charge < -0.3 is 9.64 Å². The number of carbonyl (C=O) groups excluding carboxylic acids is 2. The Labute approximate surface area is 185 Å². The summed E-state index contributed by atoms with van der Waals surface area (Å²) in [4.78, 5) is 28.8. The summed E-state index contributed by atoms with van der Waals surface area (Å²) in [5.74, 6) is 0.311. The molecule has 0 radical (unpaired) electrons. The third kappa shape index (κ3) is 4.89. The fraction of sp³-hybridized carbons (Fsp3) is 0.462. The first kappa shape index (κ1) is 21.7. The molecule has 0 aromatic heterocycles. The molecule has 2 aliphatic heterocycles. The van der Waals surface area contributed by atoms with E-state index in [1.54, 1.807) is 12.1 Å². The smallest absolute Gasteiger partial charge is 0.261 e. The lowest BCUT2D eigenvalue weighted by Gasteiger charge is -2.33. The molecular weight excluding hydrogens is 388 g/mol. The van der Waals surface area contributed by atoms with Crippen LogP contribution in [0.5, 0.6) is 0 Å². The summed E-state index contributed by atoms with van der Waals surface area (Å²) in [7, 11) is 0. The summed E-state index contributed by atoms with van der Waals surface area (Å²) in [6, 6.07) is 15.8. The quantitative estimate of drug-likeness (QED) is 0.443. The summed E-state index contributed by atoms with van der Waals surface area (Å²) in [5.41, 5.74) is 3.85. The Bertz CT molecular complexity index is 883. The first-order valence-electron chi connectivity index (χ1n) is 11.5. The summed E-state index contributed by atoms with van der Waals surface area (Å²) in [6.45, 7) is 7.21. The van der Waals surface area contributed by atoms with Crippen LogP contribution in [0.1, 0.15) is 70.4 Å². The van der Waals surface area contributed by atoms with E-state index in [4.69, 9.17) is 4.74 Å². The van der Waals surface area contributed by atoms with Crippen molar-refractivity contribution in [2.24, 2.45) is 0 Å². The van der Waals surface area contributed by atoms with Gasteiger partial charge in [0.05, 0.1) is 17.7 Å². The number of imide groups is 1. The van der Waals surface area contributed by atoms with E-state index in [-0.39, 0.29) is 11.8 Å². The van der Waals surface area contributed by atoms with Crippen molar-refractivity contribution in [3.05, 3.63) is 70.8 Å². The zero-order chi connectivity index (χ0) is 21.6. The van der Waals surface area contributed by atoms with Crippen LogP contribution in [0, 0.1) is 0 Å². The molecule has 164 valence electrons. The van der Waals surface area contributed by atoms with Crippen molar-refractivity contribution in [1.29, 1.82) is 0 Å². The van der Waals surface area contributed by atoms with E-state index in [9.17, 15) is 9.59 Å². The third-order valence-electron chi connectivity index (χ3n) is 6.53. The number of hydrogen-bond acceptors (Lipinski definition) is 4. The van der Waals surface area contributed by atoms with E-state index in [0.717, 1.165) is 39.1 Å². The summed E-state index contributed by atoms with van der Waals surface area (Å²) >= 11 is 0. The number of amides is 2. The van der Waals surface area contributed by atoms with Crippen LogP contribution in [0.4, 0.5) is 0 Å². The van der Waals surface area contributed by atoms with Crippen LogP contribution < -0.4 is 0 Å². The van der Waals surface area contributed by atoms with Gasteiger partial charge in [-0.2, -0.15) is 0 Å². The van der Waals surface area contributed by atoms with Gasteiger partial charge in [0.1, 0.15) is 0 Å². The molecule has 0 atom stereocenters. The van der Waals surface area contributed by atoms with Crippen LogP contribution in [-0.2, 0) is 11.3 Å². The minimum Gasteiger partial charge on any atom is -0.377 e. The highest BCUT2D eigenvalue weighted by molar-refractivity contribution is 6.21. The standard InChI is InChI=1S/C26H32N2O3/c1-2-31-19-21-9-3-4-10-22(21)20-13-17-27(18-14-20)15-7-8-16-28-25(29)23-11-5-6-12-24(23)26(28)30/h3-6,9-12,20H,2,7-8,13-19H2,1H3. The molecule has 1 fully saturated rings. The maximum atomic E-state index is 12.5. The van der Waals surface area contributed by atoms with E-state index in [0.29, 0.717) is 30.2 Å². The van der Waals surface area contributed by atoms with Crippen molar-refractivity contribution < 1.29 is 14.3 Å². The average Bonchev–Trinajstić information content (AvgIpc) is 3.06. The average molecular weight is 421 g/mol. The summed E-state index contributed by atoms with van der Waals surface area (Å²) in [6.07, 6.45) is 4.19. The molecule has 0 aliphatic carbocycles. The number of fused-ring (bicyclic) bond motifs is 1. The number of unbranched alkanes of at least 4 members (excludes halogenated alkanes) is 1. The van der Waals surface area contributed by atoms with Gasteiger partial charge in [0.2, 0.25) is 0 Å². The summed E-state index contributed by atoms with van der Waals surface area (Å²) in [5, 5.41) is 0. The molecule has 2 amide bonds. The lowest BCUT2D eigenvalue weighted by atomic mass is 9.86. The maximum Gasteiger partial charge on any atom is 0.261 e. The summed E-state index contributed by atoms with van der Waals surface area (Å²) < 4.78 is 5.65. The molecular formula is C26H32N2O3. The monoisotopic (exact) mass is 420 g/mol. The third-order valence-corrected chi connectivity index (χ3v) is 6.53. The van der Waals surface area contributed by atoms with Gasteiger partial charge in [0.15, 0.2) is 0 Å². The van der Waals surface area contributed by atoms with Gasteiger partial charge in [-0.15, -0.1) is 0 Å². The Morgan fingerprint density at radius 1 is 0.871 bits per heavy atom. The van der Waals surface area contributed by atoms with Gasteiger partial charge in [0, 0.05) is 13.2 Å². The Morgan fingerprint density at radius 3 is 2.16 bits per heavy atom. The second-order valence-corrected chi connectivity index (χ2v) is 8.47. The van der Waals surface area contributed by atoms with Crippen LogP contribution in [0.15, 0.2) is 48.5 Å². The number of ether oxygens (including phenoxy) is 1. The number of hydrogen-bond donors (Lipinski definition) is 0. The molecule has 0 N–H and O–H groups in total. The molecule has 0 unspecified atom stereocenters. The molecule has 0 bridgehead atoms. The highest BCUT2D eigenvalue weighted by atomic mass is 16.5. The number of likely N-dealkylation sites (tertiary alicyclic amines) is 1. The molecule has 2 aliphatic rings. The van der Waals surface area contributed by atoms with E-state index in [1.165, 1.54) is 28.9 Å². The predicted molar refractivity (Wildman–Crippen MR) is 121 cm³/mol. The van der Waals surface area contributed by atoms with Crippen molar-refractivity contribution >= 4 is 11.8 Å². The molecule has 2 aromatic rings. The zero-order valence-electron chi connectivity index (χ0n) is 18.4. The van der Waals surface area contributed by atoms with Crippen molar-refractivity contribution in [2.75, 3.05) is 32.8 Å². The Morgan fingerprint density at radius 2 is 1.48 bits per heavy atom.